The van der Waals surface area contributed by atoms with Gasteiger partial charge in [0.2, 0.25) is 0 Å². The van der Waals surface area contributed by atoms with Crippen molar-refractivity contribution in [3.8, 4) is 0 Å². The first-order valence-electron chi connectivity index (χ1n) is 6.70. The molecule has 2 atom stereocenters. The lowest BCUT2D eigenvalue weighted by molar-refractivity contribution is 0.271. The van der Waals surface area contributed by atoms with E-state index in [1.165, 1.54) is 31.8 Å². The molecule has 96 valence electrons. The largest absolute Gasteiger partial charge is 0.313 e. The SMILES string of the molecule is CCC1CN(CCNC(C)C(C)C)CCS1. The predicted molar refractivity (Wildman–Crippen MR) is 75.3 cm³/mol. The zero-order valence-electron chi connectivity index (χ0n) is 11.3. The van der Waals surface area contributed by atoms with Gasteiger partial charge in [-0.15, -0.1) is 0 Å². The summed E-state index contributed by atoms with van der Waals surface area (Å²) in [6.45, 7) is 14.1. The molecule has 1 saturated heterocycles. The molecule has 1 aliphatic heterocycles. The Morgan fingerprint density at radius 3 is 2.75 bits per heavy atom. The number of hydrogen-bond donors (Lipinski definition) is 1. The number of nitrogens with zero attached hydrogens (tertiary/aromatic N) is 1. The molecule has 16 heavy (non-hydrogen) atoms. The van der Waals surface area contributed by atoms with Crippen LogP contribution in [0.3, 0.4) is 0 Å². The Morgan fingerprint density at radius 1 is 1.38 bits per heavy atom. The van der Waals surface area contributed by atoms with Gasteiger partial charge in [0.05, 0.1) is 0 Å². The first-order valence-corrected chi connectivity index (χ1v) is 7.75. The lowest BCUT2D eigenvalue weighted by atomic mass is 10.1. The third-order valence-electron chi connectivity index (χ3n) is 3.57. The van der Waals surface area contributed by atoms with Crippen LogP contribution in [0.15, 0.2) is 0 Å². The number of rotatable bonds is 6. The quantitative estimate of drug-likeness (QED) is 0.772. The molecule has 1 aliphatic rings. The summed E-state index contributed by atoms with van der Waals surface area (Å²) in [7, 11) is 0. The molecule has 0 saturated carbocycles. The van der Waals surface area contributed by atoms with Gasteiger partial charge in [0.25, 0.3) is 0 Å². The Morgan fingerprint density at radius 2 is 2.12 bits per heavy atom. The van der Waals surface area contributed by atoms with Gasteiger partial charge in [-0.25, -0.2) is 0 Å². The molecule has 0 bridgehead atoms. The molecule has 2 nitrogen and oxygen atoms in total. The minimum absolute atomic E-state index is 0.640. The molecule has 0 radical (unpaired) electrons. The summed E-state index contributed by atoms with van der Waals surface area (Å²) in [5, 5.41) is 4.49. The molecule has 1 N–H and O–H groups in total. The average Bonchev–Trinajstić information content (AvgIpc) is 2.29. The van der Waals surface area contributed by atoms with E-state index >= 15 is 0 Å². The molecule has 0 aromatic rings. The normalized spacial score (nSPS) is 24.9. The standard InChI is InChI=1S/C13H28N2S/c1-5-13-10-15(8-9-16-13)7-6-14-12(4)11(2)3/h11-14H,5-10H2,1-4H3. The summed E-state index contributed by atoms with van der Waals surface area (Å²) in [6.07, 6.45) is 1.32. The van der Waals surface area contributed by atoms with Gasteiger partial charge in [-0.3, -0.25) is 0 Å². The van der Waals surface area contributed by atoms with Gasteiger partial charge in [0.1, 0.15) is 0 Å². The van der Waals surface area contributed by atoms with E-state index in [0.717, 1.165) is 17.7 Å². The molecule has 2 unspecified atom stereocenters. The molecular weight excluding hydrogens is 216 g/mol. The molecule has 1 rings (SSSR count). The van der Waals surface area contributed by atoms with Gasteiger partial charge in [-0.05, 0) is 19.3 Å². The van der Waals surface area contributed by atoms with Crippen LogP contribution < -0.4 is 5.32 Å². The topological polar surface area (TPSA) is 15.3 Å². The van der Waals surface area contributed by atoms with Gasteiger partial charge in [0.15, 0.2) is 0 Å². The molecule has 0 amide bonds. The Labute approximate surface area is 106 Å². The van der Waals surface area contributed by atoms with Gasteiger partial charge >= 0.3 is 0 Å². The van der Waals surface area contributed by atoms with Crippen LogP contribution in [0, 0.1) is 5.92 Å². The van der Waals surface area contributed by atoms with E-state index in [0.29, 0.717) is 6.04 Å². The van der Waals surface area contributed by atoms with Crippen LogP contribution in [-0.2, 0) is 0 Å². The van der Waals surface area contributed by atoms with E-state index in [9.17, 15) is 0 Å². The fraction of sp³-hybridized carbons (Fsp3) is 1.00. The second-order valence-corrected chi connectivity index (χ2v) is 6.60. The van der Waals surface area contributed by atoms with Crippen LogP contribution in [0.1, 0.15) is 34.1 Å². The third-order valence-corrected chi connectivity index (χ3v) is 4.94. The van der Waals surface area contributed by atoms with Crippen molar-refractivity contribution in [2.45, 2.75) is 45.4 Å². The van der Waals surface area contributed by atoms with Gasteiger partial charge < -0.3 is 10.2 Å². The highest BCUT2D eigenvalue weighted by molar-refractivity contribution is 8.00. The molecule has 0 spiro atoms. The lowest BCUT2D eigenvalue weighted by Crippen LogP contribution is -2.43. The summed E-state index contributed by atoms with van der Waals surface area (Å²) in [5.74, 6) is 2.05. The highest BCUT2D eigenvalue weighted by atomic mass is 32.2. The van der Waals surface area contributed by atoms with Crippen LogP contribution in [-0.4, -0.2) is 48.1 Å². The minimum atomic E-state index is 0.640. The van der Waals surface area contributed by atoms with Crippen molar-refractivity contribution in [3.05, 3.63) is 0 Å². The molecule has 3 heteroatoms. The molecular formula is C13H28N2S. The van der Waals surface area contributed by atoms with Gasteiger partial charge in [0, 0.05) is 43.2 Å². The van der Waals surface area contributed by atoms with E-state index < -0.39 is 0 Å². The average molecular weight is 244 g/mol. The van der Waals surface area contributed by atoms with E-state index in [4.69, 9.17) is 0 Å². The van der Waals surface area contributed by atoms with E-state index in [-0.39, 0.29) is 0 Å². The van der Waals surface area contributed by atoms with Crippen molar-refractivity contribution < 1.29 is 0 Å². The molecule has 0 aliphatic carbocycles. The third kappa shape index (κ3) is 5.07. The fourth-order valence-electron chi connectivity index (χ4n) is 1.92. The molecule has 0 aromatic heterocycles. The first-order chi connectivity index (χ1) is 7.63. The van der Waals surface area contributed by atoms with Crippen molar-refractivity contribution in [2.24, 2.45) is 5.92 Å². The number of thioether (sulfide) groups is 1. The van der Waals surface area contributed by atoms with Crippen LogP contribution in [0.2, 0.25) is 0 Å². The van der Waals surface area contributed by atoms with Gasteiger partial charge in [-0.1, -0.05) is 20.8 Å². The van der Waals surface area contributed by atoms with E-state index in [1.54, 1.807) is 0 Å². The second-order valence-electron chi connectivity index (χ2n) is 5.19. The maximum absolute atomic E-state index is 3.61. The minimum Gasteiger partial charge on any atom is -0.313 e. The molecule has 1 fully saturated rings. The van der Waals surface area contributed by atoms with Crippen molar-refractivity contribution in [1.29, 1.82) is 0 Å². The number of nitrogens with one attached hydrogen (secondary N) is 1. The lowest BCUT2D eigenvalue weighted by Gasteiger charge is -2.32. The molecule has 1 heterocycles. The highest BCUT2D eigenvalue weighted by Gasteiger charge is 2.18. The monoisotopic (exact) mass is 244 g/mol. The van der Waals surface area contributed by atoms with Crippen molar-refractivity contribution in [3.63, 3.8) is 0 Å². The Balaban J connectivity index is 2.12. The van der Waals surface area contributed by atoms with E-state index in [1.807, 2.05) is 0 Å². The molecule has 0 aromatic carbocycles. The van der Waals surface area contributed by atoms with Gasteiger partial charge in [-0.2, -0.15) is 11.8 Å². The zero-order chi connectivity index (χ0) is 12.0. The maximum Gasteiger partial charge on any atom is 0.0172 e. The Hall–Kier alpha value is 0.270. The van der Waals surface area contributed by atoms with Crippen molar-refractivity contribution in [1.82, 2.24) is 10.2 Å². The predicted octanol–water partition coefficient (Wildman–Crippen LogP) is 2.45. The van der Waals surface area contributed by atoms with E-state index in [2.05, 4.69) is 49.7 Å². The van der Waals surface area contributed by atoms with Crippen LogP contribution in [0.5, 0.6) is 0 Å². The fourth-order valence-corrected chi connectivity index (χ4v) is 3.17. The zero-order valence-corrected chi connectivity index (χ0v) is 12.1. The maximum atomic E-state index is 3.61. The second kappa shape index (κ2) is 7.57. The smallest absolute Gasteiger partial charge is 0.0172 e. The van der Waals surface area contributed by atoms with Crippen LogP contribution in [0.25, 0.3) is 0 Å². The summed E-state index contributed by atoms with van der Waals surface area (Å²) >= 11 is 2.15. The summed E-state index contributed by atoms with van der Waals surface area (Å²) in [5.41, 5.74) is 0. The Kier molecular flexibility index (Phi) is 6.78. The summed E-state index contributed by atoms with van der Waals surface area (Å²) in [4.78, 5) is 2.62. The summed E-state index contributed by atoms with van der Waals surface area (Å²) < 4.78 is 0. The van der Waals surface area contributed by atoms with Crippen molar-refractivity contribution >= 4 is 11.8 Å². The first kappa shape index (κ1) is 14.3. The highest BCUT2D eigenvalue weighted by Crippen LogP contribution is 2.20. The van der Waals surface area contributed by atoms with Crippen molar-refractivity contribution in [2.75, 3.05) is 31.9 Å². The van der Waals surface area contributed by atoms with Crippen LogP contribution in [0.4, 0.5) is 0 Å². The number of hydrogen-bond acceptors (Lipinski definition) is 3. The Bertz CT molecular complexity index is 185. The summed E-state index contributed by atoms with van der Waals surface area (Å²) in [6, 6.07) is 0.640. The van der Waals surface area contributed by atoms with Crippen LogP contribution >= 0.6 is 11.8 Å².